The average Bonchev–Trinajstić information content (AvgIpc) is 3.22. The van der Waals surface area contributed by atoms with E-state index in [4.69, 9.17) is 4.98 Å². The van der Waals surface area contributed by atoms with Crippen LogP contribution in [-0.4, -0.2) is 38.9 Å². The van der Waals surface area contributed by atoms with Gasteiger partial charge in [0.05, 0.1) is 17.1 Å². The highest BCUT2D eigenvalue weighted by Crippen LogP contribution is 2.32. The molecule has 4 rings (SSSR count). The molecular weight excluding hydrogens is 306 g/mol. The molecule has 2 aromatic rings. The van der Waals surface area contributed by atoms with E-state index in [9.17, 15) is 9.59 Å². The van der Waals surface area contributed by atoms with Crippen LogP contribution in [0.25, 0.3) is 11.0 Å². The van der Waals surface area contributed by atoms with Crippen LogP contribution in [0.1, 0.15) is 43.1 Å². The van der Waals surface area contributed by atoms with Gasteiger partial charge in [-0.3, -0.25) is 9.59 Å². The van der Waals surface area contributed by atoms with Crippen molar-refractivity contribution in [1.29, 1.82) is 0 Å². The molecule has 3 heterocycles. The van der Waals surface area contributed by atoms with E-state index in [2.05, 4.69) is 15.5 Å². The van der Waals surface area contributed by atoms with Gasteiger partial charge in [-0.25, -0.2) is 10.4 Å². The molecule has 1 atom stereocenters. The predicted molar refractivity (Wildman–Crippen MR) is 89.3 cm³/mol. The van der Waals surface area contributed by atoms with E-state index in [0.29, 0.717) is 25.1 Å². The topological polar surface area (TPSA) is 90.5 Å². The van der Waals surface area contributed by atoms with Crippen LogP contribution < -0.4 is 5.43 Å². The van der Waals surface area contributed by atoms with Crippen molar-refractivity contribution in [3.63, 3.8) is 0 Å². The molecule has 0 saturated carbocycles. The first-order chi connectivity index (χ1) is 11.6. The number of hydrazone groups is 1. The maximum Gasteiger partial charge on any atom is 0.270 e. The minimum atomic E-state index is -0.141. The zero-order valence-corrected chi connectivity index (χ0v) is 13.5. The highest BCUT2D eigenvalue weighted by Gasteiger charge is 2.35. The van der Waals surface area contributed by atoms with Crippen molar-refractivity contribution in [2.45, 2.75) is 38.6 Å². The van der Waals surface area contributed by atoms with Gasteiger partial charge in [0, 0.05) is 19.4 Å². The summed E-state index contributed by atoms with van der Waals surface area (Å²) >= 11 is 0. The summed E-state index contributed by atoms with van der Waals surface area (Å²) in [5.41, 5.74) is 5.88. The van der Waals surface area contributed by atoms with Crippen molar-refractivity contribution < 1.29 is 9.59 Å². The van der Waals surface area contributed by atoms with Crippen LogP contribution in [0.4, 0.5) is 0 Å². The average molecular weight is 325 g/mol. The molecule has 1 aromatic carbocycles. The van der Waals surface area contributed by atoms with Crippen LogP contribution in [0, 0.1) is 6.92 Å². The first kappa shape index (κ1) is 14.9. The fourth-order valence-corrected chi connectivity index (χ4v) is 3.44. The summed E-state index contributed by atoms with van der Waals surface area (Å²) in [4.78, 5) is 33.9. The molecule has 2 aliphatic rings. The van der Waals surface area contributed by atoms with Crippen LogP contribution in [0.15, 0.2) is 23.3 Å². The zero-order chi connectivity index (χ0) is 16.7. The number of fused-ring (bicyclic) bond motifs is 1. The standard InChI is InChI=1S/C17H19N5O2/c1-10-4-2-5-11-15(10)19-16(18-11)13-6-3-9-22(13)17(24)12-7-8-14(23)21-20-12/h2,4-5,13H,3,6-9H2,1H3,(H,18,19)(H,21,23). The summed E-state index contributed by atoms with van der Waals surface area (Å²) in [5.74, 6) is 0.581. The van der Waals surface area contributed by atoms with Crippen molar-refractivity contribution in [2.75, 3.05) is 6.54 Å². The first-order valence-electron chi connectivity index (χ1n) is 8.25. The van der Waals surface area contributed by atoms with Gasteiger partial charge in [-0.05, 0) is 31.4 Å². The molecule has 7 heteroatoms. The smallest absolute Gasteiger partial charge is 0.270 e. The minimum Gasteiger partial charge on any atom is -0.340 e. The summed E-state index contributed by atoms with van der Waals surface area (Å²) in [6.45, 7) is 2.72. The summed E-state index contributed by atoms with van der Waals surface area (Å²) < 4.78 is 0. The number of aromatic nitrogens is 2. The van der Waals surface area contributed by atoms with E-state index in [1.165, 1.54) is 0 Å². The molecule has 2 N–H and O–H groups in total. The Hall–Kier alpha value is -2.70. The minimum absolute atomic E-state index is 0.0652. The number of aryl methyl sites for hydroxylation is 1. The fraction of sp³-hybridized carbons (Fsp3) is 0.412. The van der Waals surface area contributed by atoms with Gasteiger partial charge in [0.1, 0.15) is 11.5 Å². The second-order valence-electron chi connectivity index (χ2n) is 6.34. The second kappa shape index (κ2) is 5.74. The molecule has 2 aliphatic heterocycles. The Morgan fingerprint density at radius 2 is 2.21 bits per heavy atom. The molecule has 0 bridgehead atoms. The van der Waals surface area contributed by atoms with Crippen LogP contribution in [0.5, 0.6) is 0 Å². The van der Waals surface area contributed by atoms with Crippen molar-refractivity contribution in [3.8, 4) is 0 Å². The van der Waals surface area contributed by atoms with Crippen molar-refractivity contribution >= 4 is 28.6 Å². The summed E-state index contributed by atoms with van der Waals surface area (Å²) in [5, 5.41) is 3.94. The highest BCUT2D eigenvalue weighted by atomic mass is 16.2. The second-order valence-corrected chi connectivity index (χ2v) is 6.34. The van der Waals surface area contributed by atoms with Crippen LogP contribution in [0.3, 0.4) is 0 Å². The molecular formula is C17H19N5O2. The Kier molecular flexibility index (Phi) is 3.55. The predicted octanol–water partition coefficient (Wildman–Crippen LogP) is 1.80. The number of nitrogens with zero attached hydrogens (tertiary/aromatic N) is 3. The van der Waals surface area contributed by atoms with Gasteiger partial charge in [0.15, 0.2) is 0 Å². The third kappa shape index (κ3) is 2.46. The zero-order valence-electron chi connectivity index (χ0n) is 13.5. The number of hydrogen-bond donors (Lipinski definition) is 2. The molecule has 1 saturated heterocycles. The van der Waals surface area contributed by atoms with Crippen LogP contribution >= 0.6 is 0 Å². The Labute approximate surface area is 139 Å². The largest absolute Gasteiger partial charge is 0.340 e. The highest BCUT2D eigenvalue weighted by molar-refractivity contribution is 6.39. The lowest BCUT2D eigenvalue weighted by Gasteiger charge is -2.24. The fourth-order valence-electron chi connectivity index (χ4n) is 3.44. The van der Waals surface area contributed by atoms with E-state index in [-0.39, 0.29) is 17.9 Å². The number of H-pyrrole nitrogens is 1. The Bertz CT molecular complexity index is 854. The van der Waals surface area contributed by atoms with Crippen molar-refractivity contribution in [2.24, 2.45) is 5.10 Å². The number of nitrogens with one attached hydrogen (secondary N) is 2. The number of aromatic amines is 1. The van der Waals surface area contributed by atoms with Crippen LogP contribution in [0.2, 0.25) is 0 Å². The van der Waals surface area contributed by atoms with Gasteiger partial charge in [0.2, 0.25) is 5.91 Å². The molecule has 0 aliphatic carbocycles. The normalized spacial score (nSPS) is 21.0. The third-order valence-electron chi connectivity index (χ3n) is 4.71. The van der Waals surface area contributed by atoms with E-state index < -0.39 is 0 Å². The molecule has 2 amide bonds. The number of para-hydroxylation sites is 1. The quantitative estimate of drug-likeness (QED) is 0.882. The molecule has 24 heavy (non-hydrogen) atoms. The summed E-state index contributed by atoms with van der Waals surface area (Å²) in [6, 6.07) is 5.96. The molecule has 7 nitrogen and oxygen atoms in total. The molecule has 1 fully saturated rings. The van der Waals surface area contributed by atoms with Gasteiger partial charge in [-0.1, -0.05) is 12.1 Å². The Morgan fingerprint density at radius 1 is 1.33 bits per heavy atom. The van der Waals surface area contributed by atoms with Gasteiger partial charge >= 0.3 is 0 Å². The van der Waals surface area contributed by atoms with E-state index in [1.54, 1.807) is 0 Å². The molecule has 1 unspecified atom stereocenters. The Morgan fingerprint density at radius 3 is 2.96 bits per heavy atom. The molecule has 124 valence electrons. The van der Waals surface area contributed by atoms with Gasteiger partial charge in [0.25, 0.3) is 5.91 Å². The van der Waals surface area contributed by atoms with E-state index in [1.807, 2.05) is 30.0 Å². The van der Waals surface area contributed by atoms with Gasteiger partial charge < -0.3 is 9.88 Å². The van der Waals surface area contributed by atoms with Crippen LogP contribution in [-0.2, 0) is 9.59 Å². The first-order valence-corrected chi connectivity index (χ1v) is 8.25. The number of rotatable bonds is 2. The lowest BCUT2D eigenvalue weighted by atomic mass is 10.1. The lowest BCUT2D eigenvalue weighted by Crippen LogP contribution is -2.40. The summed E-state index contributed by atoms with van der Waals surface area (Å²) in [6.07, 6.45) is 2.52. The molecule has 0 radical (unpaired) electrons. The van der Waals surface area contributed by atoms with E-state index in [0.717, 1.165) is 35.3 Å². The third-order valence-corrected chi connectivity index (χ3v) is 4.71. The number of likely N-dealkylation sites (tertiary alicyclic amines) is 1. The van der Waals surface area contributed by atoms with Gasteiger partial charge in [-0.2, -0.15) is 5.10 Å². The molecule has 0 spiro atoms. The van der Waals surface area contributed by atoms with E-state index >= 15 is 0 Å². The SMILES string of the molecule is Cc1cccc2[nH]c(C3CCCN3C(=O)C3=NNC(=O)CC3)nc12. The monoisotopic (exact) mass is 325 g/mol. The number of hydrogen-bond acceptors (Lipinski definition) is 4. The Balaban J connectivity index is 1.63. The van der Waals surface area contributed by atoms with Gasteiger partial charge in [-0.15, -0.1) is 0 Å². The lowest BCUT2D eigenvalue weighted by molar-refractivity contribution is -0.125. The number of benzene rings is 1. The number of carbonyl (C=O) groups is 2. The summed E-state index contributed by atoms with van der Waals surface area (Å²) in [7, 11) is 0. The molecule has 1 aromatic heterocycles. The maximum atomic E-state index is 12.8. The number of imidazole rings is 1. The van der Waals surface area contributed by atoms with Crippen molar-refractivity contribution in [1.82, 2.24) is 20.3 Å². The number of amides is 2. The maximum absolute atomic E-state index is 12.8. The van der Waals surface area contributed by atoms with Crippen molar-refractivity contribution in [3.05, 3.63) is 29.6 Å². The number of carbonyl (C=O) groups excluding carboxylic acids is 2.